The van der Waals surface area contributed by atoms with Crippen molar-refractivity contribution in [2.24, 2.45) is 0 Å². The van der Waals surface area contributed by atoms with Gasteiger partial charge in [0.1, 0.15) is 17.4 Å². The molecule has 0 spiro atoms. The van der Waals surface area contributed by atoms with E-state index >= 15 is 0 Å². The number of hydrogen-bond acceptors (Lipinski definition) is 1. The zero-order chi connectivity index (χ0) is 9.14. The summed E-state index contributed by atoms with van der Waals surface area (Å²) in [6.45, 7) is 2.12. The average Bonchev–Trinajstić information content (AvgIpc) is 2.00. The fourth-order valence-electron chi connectivity index (χ4n) is 0.793. The molecule has 12 heavy (non-hydrogen) atoms. The van der Waals surface area contributed by atoms with Crippen LogP contribution in [0.2, 0.25) is 0 Å². The minimum atomic E-state index is -0.654. The van der Waals surface area contributed by atoms with Crippen LogP contribution in [-0.2, 0) is 0 Å². The van der Waals surface area contributed by atoms with Gasteiger partial charge in [0.15, 0.2) is 0 Å². The van der Waals surface area contributed by atoms with Gasteiger partial charge in [0.05, 0.1) is 11.1 Å². The van der Waals surface area contributed by atoms with Gasteiger partial charge in [-0.15, -0.1) is 0 Å². The number of rotatable bonds is 2. The predicted molar refractivity (Wildman–Crippen MR) is 45.2 cm³/mol. The number of hydrogen-bond donors (Lipinski definition) is 0. The highest BCUT2D eigenvalue weighted by molar-refractivity contribution is 9.10. The molecular formula is C8H7BrF2O. The normalized spacial score (nSPS) is 10.0. The second-order valence-corrected chi connectivity index (χ2v) is 2.93. The Labute approximate surface area is 77.5 Å². The van der Waals surface area contributed by atoms with Crippen molar-refractivity contribution in [1.29, 1.82) is 0 Å². The number of benzene rings is 1. The predicted octanol–water partition coefficient (Wildman–Crippen LogP) is 3.13. The summed E-state index contributed by atoms with van der Waals surface area (Å²) in [7, 11) is 0. The molecule has 1 aromatic rings. The Bertz CT molecular complexity index is 289. The molecule has 1 rings (SSSR count). The Morgan fingerprint density at radius 1 is 1.42 bits per heavy atom. The summed E-state index contributed by atoms with van der Waals surface area (Å²) in [5.74, 6) is -1.10. The third-order valence-corrected chi connectivity index (χ3v) is 2.03. The van der Waals surface area contributed by atoms with Crippen LogP contribution >= 0.6 is 15.9 Å². The lowest BCUT2D eigenvalue weighted by Gasteiger charge is -2.05. The summed E-state index contributed by atoms with van der Waals surface area (Å²) in [5.41, 5.74) is 0. The van der Waals surface area contributed by atoms with Gasteiger partial charge < -0.3 is 4.74 Å². The minimum Gasteiger partial charge on any atom is -0.492 e. The first kappa shape index (κ1) is 9.45. The highest BCUT2D eigenvalue weighted by Gasteiger charge is 2.08. The van der Waals surface area contributed by atoms with E-state index in [-0.39, 0.29) is 10.2 Å². The SMILES string of the molecule is CCOc1cc(F)cc(F)c1Br. The van der Waals surface area contributed by atoms with Crippen LogP contribution in [0.15, 0.2) is 16.6 Å². The Balaban J connectivity index is 3.09. The third kappa shape index (κ3) is 1.94. The maximum Gasteiger partial charge on any atom is 0.144 e. The van der Waals surface area contributed by atoms with E-state index in [1.807, 2.05) is 0 Å². The molecule has 0 bridgehead atoms. The van der Waals surface area contributed by atoms with Gasteiger partial charge in [0.25, 0.3) is 0 Å². The fraction of sp³-hybridized carbons (Fsp3) is 0.250. The summed E-state index contributed by atoms with van der Waals surface area (Å²) in [6, 6.07) is 1.93. The molecule has 0 saturated heterocycles. The largest absolute Gasteiger partial charge is 0.492 e. The van der Waals surface area contributed by atoms with E-state index in [9.17, 15) is 8.78 Å². The number of halogens is 3. The molecule has 0 radical (unpaired) electrons. The molecule has 1 nitrogen and oxygen atoms in total. The first-order valence-corrected chi connectivity index (χ1v) is 4.21. The van der Waals surface area contributed by atoms with E-state index in [4.69, 9.17) is 4.74 Å². The van der Waals surface area contributed by atoms with E-state index in [2.05, 4.69) is 15.9 Å². The van der Waals surface area contributed by atoms with Gasteiger partial charge >= 0.3 is 0 Å². The molecule has 66 valence electrons. The Hall–Kier alpha value is -0.640. The molecule has 0 N–H and O–H groups in total. The Morgan fingerprint density at radius 2 is 2.08 bits per heavy atom. The Morgan fingerprint density at radius 3 is 2.67 bits per heavy atom. The van der Waals surface area contributed by atoms with E-state index in [1.165, 1.54) is 0 Å². The molecule has 0 aliphatic rings. The smallest absolute Gasteiger partial charge is 0.144 e. The standard InChI is InChI=1S/C8H7BrF2O/c1-2-12-7-4-5(10)3-6(11)8(7)9/h3-4H,2H2,1H3. The van der Waals surface area contributed by atoms with Crippen LogP contribution in [0.1, 0.15) is 6.92 Å². The first-order chi connectivity index (χ1) is 5.65. The molecule has 0 heterocycles. The quantitative estimate of drug-likeness (QED) is 0.718. The van der Waals surface area contributed by atoms with Crippen molar-refractivity contribution in [2.75, 3.05) is 6.61 Å². The monoisotopic (exact) mass is 236 g/mol. The van der Waals surface area contributed by atoms with E-state index in [0.717, 1.165) is 12.1 Å². The highest BCUT2D eigenvalue weighted by atomic mass is 79.9. The van der Waals surface area contributed by atoms with Crippen LogP contribution in [0.3, 0.4) is 0 Å². The first-order valence-electron chi connectivity index (χ1n) is 3.42. The molecule has 0 atom stereocenters. The lowest BCUT2D eigenvalue weighted by atomic mass is 10.3. The van der Waals surface area contributed by atoms with Crippen molar-refractivity contribution >= 4 is 15.9 Å². The van der Waals surface area contributed by atoms with E-state index < -0.39 is 11.6 Å². The lowest BCUT2D eigenvalue weighted by Crippen LogP contribution is -1.95. The van der Waals surface area contributed by atoms with Crippen molar-refractivity contribution in [3.05, 3.63) is 28.2 Å². The maximum absolute atomic E-state index is 12.8. The van der Waals surface area contributed by atoms with Gasteiger partial charge in [-0.05, 0) is 22.9 Å². The molecule has 0 saturated carbocycles. The molecular weight excluding hydrogens is 230 g/mol. The van der Waals surface area contributed by atoms with Gasteiger partial charge in [-0.1, -0.05) is 0 Å². The van der Waals surface area contributed by atoms with Crippen molar-refractivity contribution in [3.8, 4) is 5.75 Å². The maximum atomic E-state index is 12.8. The molecule has 0 fully saturated rings. The van der Waals surface area contributed by atoms with Crippen LogP contribution in [0.5, 0.6) is 5.75 Å². The van der Waals surface area contributed by atoms with Gasteiger partial charge in [-0.2, -0.15) is 0 Å². The van der Waals surface area contributed by atoms with Crippen LogP contribution in [0, 0.1) is 11.6 Å². The lowest BCUT2D eigenvalue weighted by molar-refractivity contribution is 0.333. The Kier molecular flexibility index (Phi) is 3.03. The molecule has 1 aromatic carbocycles. The molecule has 0 aromatic heterocycles. The van der Waals surface area contributed by atoms with Gasteiger partial charge in [-0.25, -0.2) is 8.78 Å². The van der Waals surface area contributed by atoms with Crippen molar-refractivity contribution in [3.63, 3.8) is 0 Å². The summed E-state index contributed by atoms with van der Waals surface area (Å²) < 4.78 is 30.5. The van der Waals surface area contributed by atoms with Crippen LogP contribution in [-0.4, -0.2) is 6.61 Å². The molecule has 0 amide bonds. The average molecular weight is 237 g/mol. The van der Waals surface area contributed by atoms with Gasteiger partial charge in [-0.3, -0.25) is 0 Å². The summed E-state index contributed by atoms with van der Waals surface area (Å²) >= 11 is 2.95. The van der Waals surface area contributed by atoms with Crippen LogP contribution in [0.25, 0.3) is 0 Å². The van der Waals surface area contributed by atoms with Crippen molar-refractivity contribution in [2.45, 2.75) is 6.92 Å². The molecule has 0 aliphatic heterocycles. The molecule has 4 heteroatoms. The molecule has 0 aliphatic carbocycles. The van der Waals surface area contributed by atoms with Gasteiger partial charge in [0.2, 0.25) is 0 Å². The summed E-state index contributed by atoms with van der Waals surface area (Å²) in [4.78, 5) is 0. The van der Waals surface area contributed by atoms with Crippen molar-refractivity contribution < 1.29 is 13.5 Å². The summed E-state index contributed by atoms with van der Waals surface area (Å²) in [6.07, 6.45) is 0. The van der Waals surface area contributed by atoms with E-state index in [0.29, 0.717) is 6.61 Å². The minimum absolute atomic E-state index is 0.158. The number of ether oxygens (including phenoxy) is 1. The topological polar surface area (TPSA) is 9.23 Å². The second kappa shape index (κ2) is 3.85. The third-order valence-electron chi connectivity index (χ3n) is 1.26. The van der Waals surface area contributed by atoms with Gasteiger partial charge in [0, 0.05) is 12.1 Å². The zero-order valence-electron chi connectivity index (χ0n) is 6.40. The summed E-state index contributed by atoms with van der Waals surface area (Å²) in [5, 5.41) is 0. The highest BCUT2D eigenvalue weighted by Crippen LogP contribution is 2.28. The molecule has 0 unspecified atom stereocenters. The van der Waals surface area contributed by atoms with E-state index in [1.54, 1.807) is 6.92 Å². The fourth-order valence-corrected chi connectivity index (χ4v) is 1.14. The van der Waals surface area contributed by atoms with Crippen LogP contribution in [0.4, 0.5) is 8.78 Å². The van der Waals surface area contributed by atoms with Crippen LogP contribution < -0.4 is 4.74 Å². The zero-order valence-corrected chi connectivity index (χ0v) is 7.99. The van der Waals surface area contributed by atoms with Crippen molar-refractivity contribution in [1.82, 2.24) is 0 Å². The second-order valence-electron chi connectivity index (χ2n) is 2.13.